The quantitative estimate of drug-likeness (QED) is 0.424. The van der Waals surface area contributed by atoms with Crippen LogP contribution in [-0.2, 0) is 9.59 Å². The number of nitrogens with zero attached hydrogens (tertiary/aromatic N) is 4. The standard InChI is InChI=1S/C21H17ClF2N6O2/c1-9(2-3-31)16-19(24)18(22)17(11-5-26-29-20(11)16)13-7-30-8-14(27-15(30)6-25-13)28-21(32)10-4-12(10)23/h3,5-10,12H,2,4H2,1H3,(H,26,29)(H,28,32)/t9?,10-,12+/m1/s1. The molecular formula is C21H17ClF2N6O2. The van der Waals surface area contributed by atoms with Crippen molar-refractivity contribution in [3.8, 4) is 11.3 Å². The van der Waals surface area contributed by atoms with Crippen LogP contribution in [0.25, 0.3) is 27.8 Å². The fourth-order valence-electron chi connectivity index (χ4n) is 3.86. The van der Waals surface area contributed by atoms with Gasteiger partial charge in [-0.2, -0.15) is 5.10 Å². The van der Waals surface area contributed by atoms with Crippen molar-refractivity contribution in [2.75, 3.05) is 5.32 Å². The Morgan fingerprint density at radius 2 is 2.22 bits per heavy atom. The van der Waals surface area contributed by atoms with Gasteiger partial charge in [0, 0.05) is 29.1 Å². The molecule has 3 aromatic heterocycles. The van der Waals surface area contributed by atoms with Crippen LogP contribution in [0.15, 0.2) is 24.8 Å². The molecule has 1 aromatic carbocycles. The second-order valence-corrected chi connectivity index (χ2v) is 8.27. The number of aromatic nitrogens is 5. The number of H-pyrrole nitrogens is 1. The van der Waals surface area contributed by atoms with E-state index in [9.17, 15) is 14.0 Å². The van der Waals surface area contributed by atoms with Gasteiger partial charge in [0.2, 0.25) is 5.91 Å². The Kier molecular flexibility index (Phi) is 4.89. The van der Waals surface area contributed by atoms with Crippen molar-refractivity contribution in [2.24, 2.45) is 5.92 Å². The van der Waals surface area contributed by atoms with Gasteiger partial charge in [-0.05, 0) is 12.3 Å². The molecule has 164 valence electrons. The molecule has 1 saturated carbocycles. The highest BCUT2D eigenvalue weighted by molar-refractivity contribution is 6.35. The zero-order valence-corrected chi connectivity index (χ0v) is 17.5. The predicted molar refractivity (Wildman–Crippen MR) is 114 cm³/mol. The van der Waals surface area contributed by atoms with E-state index in [0.29, 0.717) is 33.4 Å². The number of rotatable bonds is 6. The first-order chi connectivity index (χ1) is 15.4. The van der Waals surface area contributed by atoms with Crippen molar-refractivity contribution in [1.29, 1.82) is 0 Å². The molecule has 3 atom stereocenters. The Morgan fingerprint density at radius 1 is 1.44 bits per heavy atom. The zero-order valence-electron chi connectivity index (χ0n) is 16.8. The molecule has 11 heteroatoms. The highest BCUT2D eigenvalue weighted by Crippen LogP contribution is 2.41. The molecule has 0 saturated heterocycles. The number of amides is 1. The summed E-state index contributed by atoms with van der Waals surface area (Å²) >= 11 is 6.43. The molecule has 1 aliphatic rings. The van der Waals surface area contributed by atoms with Gasteiger partial charge in [0.05, 0.1) is 40.7 Å². The number of hydrogen-bond acceptors (Lipinski definition) is 5. The topological polar surface area (TPSA) is 105 Å². The number of benzene rings is 1. The molecule has 3 heterocycles. The van der Waals surface area contributed by atoms with Gasteiger partial charge in [0.15, 0.2) is 11.5 Å². The highest BCUT2D eigenvalue weighted by atomic mass is 35.5. The molecule has 0 bridgehead atoms. The van der Waals surface area contributed by atoms with Gasteiger partial charge < -0.3 is 14.5 Å². The van der Waals surface area contributed by atoms with Crippen LogP contribution in [0.1, 0.15) is 31.2 Å². The van der Waals surface area contributed by atoms with E-state index in [-0.39, 0.29) is 23.7 Å². The van der Waals surface area contributed by atoms with Crippen LogP contribution >= 0.6 is 11.6 Å². The second kappa shape index (κ2) is 7.63. The van der Waals surface area contributed by atoms with Crippen LogP contribution in [0.4, 0.5) is 14.6 Å². The first-order valence-electron chi connectivity index (χ1n) is 9.96. The largest absolute Gasteiger partial charge is 0.309 e. The number of carbonyl (C=O) groups excluding carboxylic acids is 2. The van der Waals surface area contributed by atoms with E-state index in [4.69, 9.17) is 11.6 Å². The van der Waals surface area contributed by atoms with E-state index >= 15 is 4.39 Å². The summed E-state index contributed by atoms with van der Waals surface area (Å²) < 4.78 is 30.0. The third-order valence-corrected chi connectivity index (χ3v) is 6.02. The summed E-state index contributed by atoms with van der Waals surface area (Å²) in [7, 11) is 0. The third-order valence-electron chi connectivity index (χ3n) is 5.67. The van der Waals surface area contributed by atoms with Gasteiger partial charge in [0.1, 0.15) is 18.3 Å². The minimum Gasteiger partial charge on any atom is -0.309 e. The van der Waals surface area contributed by atoms with E-state index in [1.165, 1.54) is 12.4 Å². The monoisotopic (exact) mass is 458 g/mol. The van der Waals surface area contributed by atoms with Crippen LogP contribution in [0, 0.1) is 11.7 Å². The van der Waals surface area contributed by atoms with Crippen LogP contribution in [-0.4, -0.2) is 42.9 Å². The van der Waals surface area contributed by atoms with E-state index in [0.717, 1.165) is 6.29 Å². The minimum absolute atomic E-state index is 0.130. The van der Waals surface area contributed by atoms with Gasteiger partial charge in [0.25, 0.3) is 0 Å². The lowest BCUT2D eigenvalue weighted by Gasteiger charge is -2.15. The summed E-state index contributed by atoms with van der Waals surface area (Å²) in [6.07, 6.45) is 6.14. The fourth-order valence-corrected chi connectivity index (χ4v) is 4.16. The molecule has 0 aliphatic heterocycles. The van der Waals surface area contributed by atoms with Crippen LogP contribution < -0.4 is 5.32 Å². The predicted octanol–water partition coefficient (Wildman–Crippen LogP) is 4.05. The summed E-state index contributed by atoms with van der Waals surface area (Å²) in [5.41, 5.74) is 1.88. The maximum Gasteiger partial charge on any atom is 0.231 e. The van der Waals surface area contributed by atoms with Crippen molar-refractivity contribution >= 4 is 46.2 Å². The smallest absolute Gasteiger partial charge is 0.231 e. The van der Waals surface area contributed by atoms with Crippen molar-refractivity contribution in [1.82, 2.24) is 24.6 Å². The van der Waals surface area contributed by atoms with E-state index in [2.05, 4.69) is 25.5 Å². The molecule has 4 aromatic rings. The maximum atomic E-state index is 15.3. The zero-order chi connectivity index (χ0) is 22.6. The lowest BCUT2D eigenvalue weighted by molar-refractivity contribution is -0.117. The molecule has 0 spiro atoms. The first-order valence-corrected chi connectivity index (χ1v) is 10.3. The Morgan fingerprint density at radius 3 is 2.94 bits per heavy atom. The fraction of sp³-hybridized carbons (Fsp3) is 0.286. The van der Waals surface area contributed by atoms with Crippen molar-refractivity contribution in [3.63, 3.8) is 0 Å². The molecule has 8 nitrogen and oxygen atoms in total. The van der Waals surface area contributed by atoms with E-state index < -0.39 is 29.7 Å². The molecule has 1 unspecified atom stereocenters. The molecule has 2 N–H and O–H groups in total. The summed E-state index contributed by atoms with van der Waals surface area (Å²) in [5, 5.41) is 9.86. The van der Waals surface area contributed by atoms with Crippen molar-refractivity contribution in [3.05, 3.63) is 41.2 Å². The normalized spacial score (nSPS) is 18.8. The number of anilines is 1. The first kappa shape index (κ1) is 20.5. The maximum absolute atomic E-state index is 15.3. The van der Waals surface area contributed by atoms with Gasteiger partial charge in [-0.3, -0.25) is 14.9 Å². The summed E-state index contributed by atoms with van der Waals surface area (Å²) in [6, 6.07) is 0. The molecule has 5 rings (SSSR count). The lowest BCUT2D eigenvalue weighted by Crippen LogP contribution is -2.15. The number of halogens is 3. The van der Waals surface area contributed by atoms with E-state index in [1.807, 2.05) is 0 Å². The average Bonchev–Trinajstić information content (AvgIpc) is 3.12. The number of fused-ring (bicyclic) bond motifs is 2. The molecular weight excluding hydrogens is 442 g/mol. The van der Waals surface area contributed by atoms with Gasteiger partial charge in [-0.25, -0.2) is 13.8 Å². The third kappa shape index (κ3) is 3.31. The summed E-state index contributed by atoms with van der Waals surface area (Å²) in [4.78, 5) is 31.6. The minimum atomic E-state index is -1.10. The van der Waals surface area contributed by atoms with Crippen LogP contribution in [0.3, 0.4) is 0 Å². The Hall–Kier alpha value is -3.40. The Balaban J connectivity index is 1.58. The van der Waals surface area contributed by atoms with Gasteiger partial charge in [-0.15, -0.1) is 0 Å². The number of aldehydes is 1. The van der Waals surface area contributed by atoms with Gasteiger partial charge >= 0.3 is 0 Å². The van der Waals surface area contributed by atoms with Crippen LogP contribution in [0.5, 0.6) is 0 Å². The summed E-state index contributed by atoms with van der Waals surface area (Å²) in [5.74, 6) is -1.83. The Bertz CT molecular complexity index is 1380. The number of carbonyl (C=O) groups is 2. The number of nitrogens with one attached hydrogen (secondary N) is 2. The van der Waals surface area contributed by atoms with E-state index in [1.54, 1.807) is 23.7 Å². The SMILES string of the molecule is CC(CC=O)c1c(F)c(Cl)c(-c2cn3cc(NC(=O)[C@@H]4C[C@@H]4F)nc3cn2)c2cn[nH]c12. The second-order valence-electron chi connectivity index (χ2n) is 7.89. The Labute approximate surface area is 185 Å². The number of imidazole rings is 1. The van der Waals surface area contributed by atoms with Crippen LogP contribution in [0.2, 0.25) is 5.02 Å². The molecule has 32 heavy (non-hydrogen) atoms. The highest BCUT2D eigenvalue weighted by Gasteiger charge is 2.43. The number of alkyl halides is 1. The lowest BCUT2D eigenvalue weighted by atomic mass is 9.93. The van der Waals surface area contributed by atoms with Crippen molar-refractivity contribution in [2.45, 2.75) is 31.9 Å². The van der Waals surface area contributed by atoms with Crippen molar-refractivity contribution < 1.29 is 18.4 Å². The molecule has 1 fully saturated rings. The molecule has 1 amide bonds. The number of hydrogen-bond donors (Lipinski definition) is 2. The molecule has 0 radical (unpaired) electrons. The van der Waals surface area contributed by atoms with Gasteiger partial charge in [-0.1, -0.05) is 18.5 Å². The molecule has 1 aliphatic carbocycles. The number of aromatic amines is 1. The average molecular weight is 459 g/mol. The summed E-state index contributed by atoms with van der Waals surface area (Å²) in [6.45, 7) is 1.74.